The number of ether oxygens (including phenoxy) is 3. The van der Waals surface area contributed by atoms with Crippen molar-refractivity contribution in [1.82, 2.24) is 0 Å². The van der Waals surface area contributed by atoms with E-state index in [0.717, 1.165) is 29.5 Å². The average Bonchev–Trinajstić information content (AvgIpc) is 2.85. The van der Waals surface area contributed by atoms with Gasteiger partial charge in [-0.2, -0.15) is 5.26 Å². The Balaban J connectivity index is 1.62. The van der Waals surface area contributed by atoms with Gasteiger partial charge in [0.1, 0.15) is 28.9 Å². The lowest BCUT2D eigenvalue weighted by Gasteiger charge is -2.28. The van der Waals surface area contributed by atoms with E-state index >= 15 is 0 Å². The van der Waals surface area contributed by atoms with Crippen LogP contribution in [-0.4, -0.2) is 12.6 Å². The van der Waals surface area contributed by atoms with Gasteiger partial charge in [0.05, 0.1) is 18.9 Å². The molecule has 1 atom stereocenters. The second-order valence-electron chi connectivity index (χ2n) is 8.14. The van der Waals surface area contributed by atoms with Gasteiger partial charge in [0.2, 0.25) is 5.88 Å². The molecule has 35 heavy (non-hydrogen) atoms. The first kappa shape index (κ1) is 24.2. The Bertz CT molecular complexity index is 1300. The number of allylic oxidation sites excluding steroid dienone is 1. The zero-order valence-electron chi connectivity index (χ0n) is 19.3. The van der Waals surface area contributed by atoms with Crippen molar-refractivity contribution in [3.05, 3.63) is 99.9 Å². The molecular formula is C28H25ClN2O4. The monoisotopic (exact) mass is 488 g/mol. The molecule has 6 nitrogen and oxygen atoms in total. The SMILES string of the molecule is CCCCOc1ccccc1C1C(C#N)=C(N)Oc2cc(OC(=O)Cc3ccc(Cl)cc3)ccc21. The number of nitriles is 1. The summed E-state index contributed by atoms with van der Waals surface area (Å²) in [5, 5.41) is 10.5. The number of hydrogen-bond donors (Lipinski definition) is 1. The third-order valence-electron chi connectivity index (χ3n) is 5.67. The normalized spacial score (nSPS) is 14.5. The van der Waals surface area contributed by atoms with Crippen LogP contribution in [0.3, 0.4) is 0 Å². The van der Waals surface area contributed by atoms with Gasteiger partial charge < -0.3 is 19.9 Å². The number of carbonyl (C=O) groups excluding carboxylic acids is 1. The van der Waals surface area contributed by atoms with Gasteiger partial charge in [-0.3, -0.25) is 4.79 Å². The minimum Gasteiger partial charge on any atom is -0.493 e. The summed E-state index contributed by atoms with van der Waals surface area (Å²) in [4.78, 5) is 12.5. The van der Waals surface area contributed by atoms with E-state index in [0.29, 0.717) is 34.5 Å². The molecule has 1 aliphatic heterocycles. The first-order valence-corrected chi connectivity index (χ1v) is 11.8. The first-order chi connectivity index (χ1) is 17.0. The van der Waals surface area contributed by atoms with Crippen molar-refractivity contribution < 1.29 is 19.0 Å². The van der Waals surface area contributed by atoms with Crippen LogP contribution in [0.1, 0.15) is 42.4 Å². The molecule has 0 spiro atoms. The van der Waals surface area contributed by atoms with Crippen molar-refractivity contribution in [3.8, 4) is 23.3 Å². The molecular weight excluding hydrogens is 464 g/mol. The van der Waals surface area contributed by atoms with E-state index < -0.39 is 11.9 Å². The van der Waals surface area contributed by atoms with Crippen LogP contribution in [0.2, 0.25) is 5.02 Å². The number of esters is 1. The summed E-state index contributed by atoms with van der Waals surface area (Å²) in [7, 11) is 0. The molecule has 0 radical (unpaired) electrons. The third-order valence-corrected chi connectivity index (χ3v) is 5.92. The Morgan fingerprint density at radius 3 is 2.63 bits per heavy atom. The van der Waals surface area contributed by atoms with Gasteiger partial charge in [-0.25, -0.2) is 0 Å². The van der Waals surface area contributed by atoms with Gasteiger partial charge in [-0.15, -0.1) is 0 Å². The third kappa shape index (κ3) is 5.59. The summed E-state index contributed by atoms with van der Waals surface area (Å²) >= 11 is 5.90. The highest BCUT2D eigenvalue weighted by Gasteiger charge is 2.33. The molecule has 1 unspecified atom stereocenters. The van der Waals surface area contributed by atoms with Crippen molar-refractivity contribution in [3.63, 3.8) is 0 Å². The van der Waals surface area contributed by atoms with Crippen molar-refractivity contribution in [2.24, 2.45) is 5.73 Å². The molecule has 0 bridgehead atoms. The van der Waals surface area contributed by atoms with Crippen LogP contribution in [0.15, 0.2) is 78.2 Å². The number of para-hydroxylation sites is 1. The van der Waals surface area contributed by atoms with Crippen molar-refractivity contribution in [2.45, 2.75) is 32.1 Å². The predicted molar refractivity (Wildman–Crippen MR) is 133 cm³/mol. The molecule has 0 aliphatic carbocycles. The number of hydrogen-bond acceptors (Lipinski definition) is 6. The lowest BCUT2D eigenvalue weighted by molar-refractivity contribution is -0.133. The van der Waals surface area contributed by atoms with Gasteiger partial charge in [0.15, 0.2) is 0 Å². The molecule has 0 amide bonds. The van der Waals surface area contributed by atoms with Crippen LogP contribution in [-0.2, 0) is 11.2 Å². The van der Waals surface area contributed by atoms with Crippen molar-refractivity contribution >= 4 is 17.6 Å². The molecule has 0 aromatic heterocycles. The zero-order chi connectivity index (χ0) is 24.8. The van der Waals surface area contributed by atoms with Crippen molar-refractivity contribution in [2.75, 3.05) is 6.61 Å². The smallest absolute Gasteiger partial charge is 0.315 e. The zero-order valence-corrected chi connectivity index (χ0v) is 20.0. The van der Waals surface area contributed by atoms with E-state index in [1.807, 2.05) is 24.3 Å². The van der Waals surface area contributed by atoms with Gasteiger partial charge in [0, 0.05) is 22.2 Å². The molecule has 178 valence electrons. The van der Waals surface area contributed by atoms with E-state index in [1.54, 1.807) is 42.5 Å². The number of benzene rings is 3. The molecule has 2 N–H and O–H groups in total. The van der Waals surface area contributed by atoms with Crippen LogP contribution in [0.5, 0.6) is 17.2 Å². The minimum absolute atomic E-state index is 0.0120. The van der Waals surface area contributed by atoms with Gasteiger partial charge in [0.25, 0.3) is 0 Å². The quantitative estimate of drug-likeness (QED) is 0.241. The highest BCUT2D eigenvalue weighted by atomic mass is 35.5. The van der Waals surface area contributed by atoms with Gasteiger partial charge in [-0.05, 0) is 36.2 Å². The fourth-order valence-electron chi connectivity index (χ4n) is 3.93. The summed E-state index contributed by atoms with van der Waals surface area (Å²) in [6, 6.07) is 21.9. The van der Waals surface area contributed by atoms with E-state index in [2.05, 4.69) is 13.0 Å². The number of carbonyl (C=O) groups is 1. The Labute approximate surface area is 209 Å². The van der Waals surface area contributed by atoms with E-state index in [1.165, 1.54) is 0 Å². The van der Waals surface area contributed by atoms with E-state index in [9.17, 15) is 10.1 Å². The predicted octanol–water partition coefficient (Wildman–Crippen LogP) is 5.89. The molecule has 0 saturated carbocycles. The van der Waals surface area contributed by atoms with Gasteiger partial charge in [-0.1, -0.05) is 61.3 Å². The molecule has 3 aromatic carbocycles. The number of nitrogens with two attached hydrogens (primary N) is 1. The highest BCUT2D eigenvalue weighted by Crippen LogP contribution is 2.45. The van der Waals surface area contributed by atoms with Gasteiger partial charge >= 0.3 is 5.97 Å². The molecule has 3 aromatic rings. The Morgan fingerprint density at radius 1 is 1.11 bits per heavy atom. The first-order valence-electron chi connectivity index (χ1n) is 11.4. The second kappa shape index (κ2) is 11.0. The van der Waals surface area contributed by atoms with E-state index in [-0.39, 0.29) is 12.3 Å². The molecule has 1 aliphatic rings. The van der Waals surface area contributed by atoms with Crippen LogP contribution in [0.4, 0.5) is 0 Å². The lowest BCUT2D eigenvalue weighted by Crippen LogP contribution is -2.21. The topological polar surface area (TPSA) is 94.6 Å². The second-order valence-corrected chi connectivity index (χ2v) is 8.58. The van der Waals surface area contributed by atoms with Crippen LogP contribution >= 0.6 is 11.6 Å². The van der Waals surface area contributed by atoms with Crippen LogP contribution in [0.25, 0.3) is 0 Å². The van der Waals surface area contributed by atoms with Crippen molar-refractivity contribution in [1.29, 1.82) is 5.26 Å². The number of fused-ring (bicyclic) bond motifs is 1. The average molecular weight is 489 g/mol. The minimum atomic E-state index is -0.472. The van der Waals surface area contributed by atoms with Crippen LogP contribution in [0, 0.1) is 11.3 Å². The largest absolute Gasteiger partial charge is 0.493 e. The molecule has 0 fully saturated rings. The number of halogens is 1. The molecule has 4 rings (SSSR count). The summed E-state index contributed by atoms with van der Waals surface area (Å²) in [6.45, 7) is 2.67. The maximum absolute atomic E-state index is 12.5. The lowest BCUT2D eigenvalue weighted by atomic mass is 9.83. The molecule has 1 heterocycles. The summed E-state index contributed by atoms with van der Waals surface area (Å²) in [5.41, 5.74) is 8.79. The fourth-order valence-corrected chi connectivity index (χ4v) is 4.06. The summed E-state index contributed by atoms with van der Waals surface area (Å²) < 4.78 is 17.3. The Hall–Kier alpha value is -3.95. The van der Waals surface area contributed by atoms with E-state index in [4.69, 9.17) is 31.5 Å². The number of rotatable bonds is 8. The standard InChI is InChI=1S/C28H25ClN2O4/c1-2-3-14-33-24-7-5-4-6-21(24)27-22-13-12-20(16-25(22)35-28(31)23(27)17-30)34-26(32)15-18-8-10-19(29)11-9-18/h4-13,16,27H,2-3,14-15,31H2,1H3. The summed E-state index contributed by atoms with van der Waals surface area (Å²) in [6.07, 6.45) is 2.03. The maximum Gasteiger partial charge on any atom is 0.315 e. The number of unbranched alkanes of at least 4 members (excludes halogenated alkanes) is 1. The Morgan fingerprint density at radius 2 is 1.89 bits per heavy atom. The molecule has 7 heteroatoms. The van der Waals surface area contributed by atoms with Crippen LogP contribution < -0.4 is 19.9 Å². The number of nitrogens with zero attached hydrogens (tertiary/aromatic N) is 1. The summed E-state index contributed by atoms with van der Waals surface area (Å²) in [5.74, 6) is 0.556. The Kier molecular flexibility index (Phi) is 7.59. The maximum atomic E-state index is 12.5. The highest BCUT2D eigenvalue weighted by molar-refractivity contribution is 6.30. The molecule has 0 saturated heterocycles. The fraction of sp³-hybridized carbons (Fsp3) is 0.214.